The minimum atomic E-state index is -1.13. The highest BCUT2D eigenvalue weighted by molar-refractivity contribution is 6.35. The molecule has 3 rings (SSSR count). The first-order chi connectivity index (χ1) is 11.5. The fourth-order valence-electron chi connectivity index (χ4n) is 3.19. The highest BCUT2D eigenvalue weighted by Gasteiger charge is 2.54. The number of carbonyl (C=O) groups is 1. The van der Waals surface area contributed by atoms with Crippen molar-refractivity contribution >= 4 is 17.4 Å². The summed E-state index contributed by atoms with van der Waals surface area (Å²) in [4.78, 5) is 13.4. The Labute approximate surface area is 146 Å². The zero-order valence-corrected chi connectivity index (χ0v) is 14.8. The lowest BCUT2D eigenvalue weighted by Crippen LogP contribution is -2.42. The molecule has 0 aromatic heterocycles. The van der Waals surface area contributed by atoms with Gasteiger partial charge < -0.3 is 14.2 Å². The van der Waals surface area contributed by atoms with Gasteiger partial charge in [0.2, 0.25) is 5.78 Å². The molecule has 2 aromatic carbocycles. The van der Waals surface area contributed by atoms with Crippen LogP contribution in [0.25, 0.3) is 0 Å². The smallest absolute Gasteiger partial charge is 0.218 e. The number of halogens is 1. The average Bonchev–Trinajstić information content (AvgIpc) is 2.92. The van der Waals surface area contributed by atoms with E-state index in [2.05, 4.69) is 0 Å². The van der Waals surface area contributed by atoms with Crippen LogP contribution in [0.2, 0.25) is 5.02 Å². The molecule has 0 saturated heterocycles. The number of benzene rings is 2. The molecule has 0 unspecified atom stereocenters. The highest BCUT2D eigenvalue weighted by Crippen LogP contribution is 2.54. The molecule has 0 fully saturated rings. The van der Waals surface area contributed by atoms with E-state index in [1.54, 1.807) is 6.07 Å². The molecule has 5 heteroatoms. The zero-order valence-electron chi connectivity index (χ0n) is 14.1. The van der Waals surface area contributed by atoms with E-state index in [4.69, 9.17) is 25.8 Å². The summed E-state index contributed by atoms with van der Waals surface area (Å²) in [6.07, 6.45) is 0. The van der Waals surface area contributed by atoms with E-state index in [0.29, 0.717) is 22.8 Å². The third kappa shape index (κ3) is 2.17. The van der Waals surface area contributed by atoms with E-state index in [9.17, 15) is 4.79 Å². The molecule has 4 nitrogen and oxygen atoms in total. The summed E-state index contributed by atoms with van der Waals surface area (Å²) < 4.78 is 16.9. The molecule has 0 amide bonds. The van der Waals surface area contributed by atoms with Crippen LogP contribution < -0.4 is 14.2 Å². The van der Waals surface area contributed by atoms with Crippen LogP contribution >= 0.6 is 11.6 Å². The minimum Gasteiger partial charge on any atom is -0.496 e. The van der Waals surface area contributed by atoms with Crippen molar-refractivity contribution in [3.05, 3.63) is 52.5 Å². The SMILES string of the molecule is COc1cc(OC)c2c(c1Cl)O[C@](c1ccccc1)(C(C)C)C2=O. The quantitative estimate of drug-likeness (QED) is 0.818. The van der Waals surface area contributed by atoms with E-state index in [0.717, 1.165) is 5.56 Å². The summed E-state index contributed by atoms with van der Waals surface area (Å²) in [6, 6.07) is 11.1. The number of Topliss-reactive ketones (excluding diaryl/α,β-unsaturated/α-hetero) is 1. The molecule has 0 aliphatic carbocycles. The predicted molar refractivity (Wildman–Crippen MR) is 92.5 cm³/mol. The van der Waals surface area contributed by atoms with Crippen molar-refractivity contribution in [2.24, 2.45) is 5.92 Å². The van der Waals surface area contributed by atoms with Crippen molar-refractivity contribution in [3.63, 3.8) is 0 Å². The average molecular weight is 347 g/mol. The summed E-state index contributed by atoms with van der Waals surface area (Å²) >= 11 is 6.41. The topological polar surface area (TPSA) is 44.8 Å². The monoisotopic (exact) mass is 346 g/mol. The van der Waals surface area contributed by atoms with Crippen molar-refractivity contribution in [3.8, 4) is 17.2 Å². The van der Waals surface area contributed by atoms with Gasteiger partial charge in [0.05, 0.1) is 14.2 Å². The molecule has 24 heavy (non-hydrogen) atoms. The number of hydrogen-bond donors (Lipinski definition) is 0. The summed E-state index contributed by atoms with van der Waals surface area (Å²) in [7, 11) is 3.02. The Morgan fingerprint density at radius 1 is 1.08 bits per heavy atom. The Morgan fingerprint density at radius 3 is 2.25 bits per heavy atom. The van der Waals surface area contributed by atoms with Crippen LogP contribution in [0.4, 0.5) is 0 Å². The standard InChI is InChI=1S/C19H19ClO4/c1-11(2)19(12-8-6-5-7-9-12)18(21)15-13(22-3)10-14(23-4)16(20)17(15)24-19/h5-11H,1-4H3/t19-/m0/s1. The van der Waals surface area contributed by atoms with E-state index in [1.807, 2.05) is 44.2 Å². The second-order valence-electron chi connectivity index (χ2n) is 5.99. The maximum atomic E-state index is 13.4. The molecule has 2 aromatic rings. The van der Waals surface area contributed by atoms with E-state index < -0.39 is 5.60 Å². The molecule has 0 N–H and O–H groups in total. The van der Waals surface area contributed by atoms with Gasteiger partial charge in [-0.1, -0.05) is 55.8 Å². The number of ether oxygens (including phenoxy) is 3. The fourth-order valence-corrected chi connectivity index (χ4v) is 3.46. The van der Waals surface area contributed by atoms with Gasteiger partial charge in [-0.25, -0.2) is 0 Å². The normalized spacial score (nSPS) is 19.2. The maximum absolute atomic E-state index is 13.4. The first-order valence-corrected chi connectivity index (χ1v) is 8.09. The van der Waals surface area contributed by atoms with Gasteiger partial charge in [-0.15, -0.1) is 0 Å². The summed E-state index contributed by atoms with van der Waals surface area (Å²) in [5.74, 6) is 0.865. The van der Waals surface area contributed by atoms with Gasteiger partial charge in [0, 0.05) is 17.5 Å². The van der Waals surface area contributed by atoms with Crippen molar-refractivity contribution in [2.75, 3.05) is 14.2 Å². The predicted octanol–water partition coefficient (Wildman–Crippen LogP) is 4.48. The van der Waals surface area contributed by atoms with Crippen LogP contribution in [-0.4, -0.2) is 20.0 Å². The van der Waals surface area contributed by atoms with Gasteiger partial charge in [-0.3, -0.25) is 4.79 Å². The number of rotatable bonds is 4. The maximum Gasteiger partial charge on any atom is 0.218 e. The summed E-state index contributed by atoms with van der Waals surface area (Å²) in [5.41, 5.74) is 0.0199. The number of hydrogen-bond acceptors (Lipinski definition) is 4. The van der Waals surface area contributed by atoms with Crippen molar-refractivity contribution in [1.82, 2.24) is 0 Å². The molecule has 0 spiro atoms. The molecule has 0 saturated carbocycles. The third-order valence-electron chi connectivity index (χ3n) is 4.43. The first-order valence-electron chi connectivity index (χ1n) is 7.71. The van der Waals surface area contributed by atoms with Gasteiger partial charge in [0.25, 0.3) is 0 Å². The summed E-state index contributed by atoms with van der Waals surface area (Å²) in [6.45, 7) is 3.91. The molecule has 126 valence electrons. The zero-order chi connectivity index (χ0) is 17.5. The number of methoxy groups -OCH3 is 2. The lowest BCUT2D eigenvalue weighted by Gasteiger charge is -2.31. The number of ketones is 1. The lowest BCUT2D eigenvalue weighted by molar-refractivity contribution is 0.0329. The Hall–Kier alpha value is -2.20. The lowest BCUT2D eigenvalue weighted by atomic mass is 9.79. The molecule has 0 radical (unpaired) electrons. The molecule has 1 heterocycles. The minimum absolute atomic E-state index is 0.105. The fraction of sp³-hybridized carbons (Fsp3) is 0.316. The second-order valence-corrected chi connectivity index (χ2v) is 6.36. The third-order valence-corrected chi connectivity index (χ3v) is 4.79. The van der Waals surface area contributed by atoms with Gasteiger partial charge in [-0.05, 0) is 0 Å². The largest absolute Gasteiger partial charge is 0.496 e. The molecule has 1 aliphatic heterocycles. The van der Waals surface area contributed by atoms with Crippen LogP contribution in [0.3, 0.4) is 0 Å². The van der Waals surface area contributed by atoms with Crippen LogP contribution in [0, 0.1) is 5.92 Å². The van der Waals surface area contributed by atoms with Crippen LogP contribution in [0.5, 0.6) is 17.2 Å². The van der Waals surface area contributed by atoms with Gasteiger partial charge in [-0.2, -0.15) is 0 Å². The number of carbonyl (C=O) groups excluding carboxylic acids is 1. The molecule has 1 aliphatic rings. The van der Waals surface area contributed by atoms with Gasteiger partial charge >= 0.3 is 0 Å². The van der Waals surface area contributed by atoms with Gasteiger partial charge in [0.15, 0.2) is 11.4 Å². The van der Waals surface area contributed by atoms with Crippen LogP contribution in [0.1, 0.15) is 29.8 Å². The second kappa shape index (κ2) is 6.02. The Bertz CT molecular complexity index is 786. The molecule has 0 bridgehead atoms. The van der Waals surface area contributed by atoms with Gasteiger partial charge in [0.1, 0.15) is 22.1 Å². The van der Waals surface area contributed by atoms with E-state index in [-0.39, 0.29) is 16.7 Å². The van der Waals surface area contributed by atoms with Crippen molar-refractivity contribution in [2.45, 2.75) is 19.4 Å². The van der Waals surface area contributed by atoms with Crippen molar-refractivity contribution < 1.29 is 19.0 Å². The Morgan fingerprint density at radius 2 is 1.71 bits per heavy atom. The van der Waals surface area contributed by atoms with Crippen LogP contribution in [-0.2, 0) is 5.60 Å². The first kappa shape index (κ1) is 16.7. The Kier molecular flexibility index (Phi) is 4.18. The van der Waals surface area contributed by atoms with E-state index >= 15 is 0 Å². The highest BCUT2D eigenvalue weighted by atomic mass is 35.5. The molecular weight excluding hydrogens is 328 g/mol. The van der Waals surface area contributed by atoms with Crippen LogP contribution in [0.15, 0.2) is 36.4 Å². The molecular formula is C19H19ClO4. The van der Waals surface area contributed by atoms with E-state index in [1.165, 1.54) is 14.2 Å². The summed E-state index contributed by atoms with van der Waals surface area (Å²) in [5, 5.41) is 0.278. The van der Waals surface area contributed by atoms with Crippen molar-refractivity contribution in [1.29, 1.82) is 0 Å². The molecule has 1 atom stereocenters. The Balaban J connectivity index is 2.28. The number of fused-ring (bicyclic) bond motifs is 1.